The van der Waals surface area contributed by atoms with E-state index in [-0.39, 0.29) is 6.42 Å². The first-order chi connectivity index (χ1) is 10.2. The first-order valence-electron chi connectivity index (χ1n) is 7.57. The highest BCUT2D eigenvalue weighted by atomic mass is 16.4. The van der Waals surface area contributed by atoms with E-state index in [2.05, 4.69) is 16.1 Å². The van der Waals surface area contributed by atoms with Crippen molar-refractivity contribution in [2.45, 2.75) is 32.2 Å². The molecule has 1 saturated heterocycles. The number of pyridine rings is 1. The van der Waals surface area contributed by atoms with Crippen molar-refractivity contribution in [3.63, 3.8) is 0 Å². The van der Waals surface area contributed by atoms with Crippen molar-refractivity contribution in [1.29, 1.82) is 0 Å². The smallest absolute Gasteiger partial charge is 0.303 e. The minimum absolute atomic E-state index is 0.285. The lowest BCUT2D eigenvalue weighted by atomic mass is 9.93. The molecule has 112 valence electrons. The quantitative estimate of drug-likeness (QED) is 0.917. The van der Waals surface area contributed by atoms with Gasteiger partial charge < -0.3 is 9.51 Å². The summed E-state index contributed by atoms with van der Waals surface area (Å²) < 4.78 is 2.04. The number of carboxylic acid groups (broad SMARTS) is 1. The van der Waals surface area contributed by atoms with E-state index in [0.29, 0.717) is 5.92 Å². The van der Waals surface area contributed by atoms with Gasteiger partial charge in [-0.05, 0) is 43.9 Å². The fraction of sp³-hybridized carbons (Fsp3) is 0.500. The SMILES string of the molecule is O=C(O)CCC1CCCN(Cc2cn3ccccc3n2)C1. The lowest BCUT2D eigenvalue weighted by molar-refractivity contribution is -0.137. The summed E-state index contributed by atoms with van der Waals surface area (Å²) in [4.78, 5) is 17.7. The zero-order valence-corrected chi connectivity index (χ0v) is 12.1. The first-order valence-corrected chi connectivity index (χ1v) is 7.57. The zero-order chi connectivity index (χ0) is 14.7. The lowest BCUT2D eigenvalue weighted by Gasteiger charge is -2.32. The van der Waals surface area contributed by atoms with Gasteiger partial charge in [0.1, 0.15) is 5.65 Å². The average Bonchev–Trinajstić information content (AvgIpc) is 2.87. The number of carboxylic acids is 1. The molecule has 1 atom stereocenters. The summed E-state index contributed by atoms with van der Waals surface area (Å²) >= 11 is 0. The van der Waals surface area contributed by atoms with E-state index >= 15 is 0 Å². The highest BCUT2D eigenvalue weighted by molar-refractivity contribution is 5.66. The van der Waals surface area contributed by atoms with E-state index in [4.69, 9.17) is 5.11 Å². The Bertz CT molecular complexity index is 590. The Hall–Kier alpha value is -1.88. The van der Waals surface area contributed by atoms with Crippen LogP contribution in [0.3, 0.4) is 0 Å². The van der Waals surface area contributed by atoms with E-state index in [9.17, 15) is 4.79 Å². The Morgan fingerprint density at radius 3 is 3.14 bits per heavy atom. The number of likely N-dealkylation sites (tertiary alicyclic amines) is 1. The number of aliphatic carboxylic acids is 1. The fourth-order valence-corrected chi connectivity index (χ4v) is 3.15. The van der Waals surface area contributed by atoms with Crippen LogP contribution in [0.4, 0.5) is 0 Å². The molecule has 2 aromatic heterocycles. The largest absolute Gasteiger partial charge is 0.481 e. The fourth-order valence-electron chi connectivity index (χ4n) is 3.15. The minimum Gasteiger partial charge on any atom is -0.481 e. The molecule has 3 heterocycles. The van der Waals surface area contributed by atoms with Crippen molar-refractivity contribution < 1.29 is 9.90 Å². The second kappa shape index (κ2) is 6.26. The number of fused-ring (bicyclic) bond motifs is 1. The van der Waals surface area contributed by atoms with Gasteiger partial charge in [-0.1, -0.05) is 6.07 Å². The molecule has 0 saturated carbocycles. The van der Waals surface area contributed by atoms with Crippen LogP contribution in [0.15, 0.2) is 30.6 Å². The van der Waals surface area contributed by atoms with E-state index < -0.39 is 5.97 Å². The molecule has 0 aliphatic carbocycles. The van der Waals surface area contributed by atoms with Gasteiger partial charge in [-0.25, -0.2) is 4.98 Å². The predicted molar refractivity (Wildman–Crippen MR) is 80.1 cm³/mol. The van der Waals surface area contributed by atoms with Crippen LogP contribution >= 0.6 is 0 Å². The van der Waals surface area contributed by atoms with Crippen molar-refractivity contribution in [3.05, 3.63) is 36.3 Å². The van der Waals surface area contributed by atoms with Crippen LogP contribution in [0.5, 0.6) is 0 Å². The molecule has 5 nitrogen and oxygen atoms in total. The first kappa shape index (κ1) is 14.1. The molecule has 2 aromatic rings. The Labute approximate surface area is 124 Å². The maximum Gasteiger partial charge on any atom is 0.303 e. The molecule has 0 spiro atoms. The highest BCUT2D eigenvalue weighted by Crippen LogP contribution is 2.22. The molecule has 1 aliphatic rings. The highest BCUT2D eigenvalue weighted by Gasteiger charge is 2.21. The minimum atomic E-state index is -0.688. The van der Waals surface area contributed by atoms with Crippen LogP contribution in [0.1, 0.15) is 31.4 Å². The number of piperidine rings is 1. The van der Waals surface area contributed by atoms with E-state index in [1.54, 1.807) is 0 Å². The zero-order valence-electron chi connectivity index (χ0n) is 12.1. The Kier molecular flexibility index (Phi) is 4.20. The van der Waals surface area contributed by atoms with Gasteiger partial charge in [0.05, 0.1) is 5.69 Å². The number of hydrogen-bond acceptors (Lipinski definition) is 3. The molecule has 1 N–H and O–H groups in total. The summed E-state index contributed by atoms with van der Waals surface area (Å²) in [5.41, 5.74) is 2.06. The number of nitrogens with zero attached hydrogens (tertiary/aromatic N) is 3. The topological polar surface area (TPSA) is 57.8 Å². The molecule has 5 heteroatoms. The standard InChI is InChI=1S/C16H21N3O2/c20-16(21)7-6-13-4-3-8-18(10-13)11-14-12-19-9-2-1-5-15(19)17-14/h1-2,5,9,12-13H,3-4,6-8,10-11H2,(H,20,21). The second-order valence-corrected chi connectivity index (χ2v) is 5.87. The van der Waals surface area contributed by atoms with Gasteiger partial charge in [0.25, 0.3) is 0 Å². The maximum atomic E-state index is 10.7. The summed E-state index contributed by atoms with van der Waals surface area (Å²) in [5.74, 6) is -0.181. The van der Waals surface area contributed by atoms with Crippen LogP contribution < -0.4 is 0 Å². The molecule has 21 heavy (non-hydrogen) atoms. The normalized spacial score (nSPS) is 19.9. The summed E-state index contributed by atoms with van der Waals surface area (Å²) in [6.07, 6.45) is 7.46. The van der Waals surface area contributed by atoms with Crippen LogP contribution in [0, 0.1) is 5.92 Å². The second-order valence-electron chi connectivity index (χ2n) is 5.87. The molecular weight excluding hydrogens is 266 g/mol. The van der Waals surface area contributed by atoms with Crippen LogP contribution in [0.2, 0.25) is 0 Å². The van der Waals surface area contributed by atoms with Crippen LogP contribution in [-0.4, -0.2) is 38.4 Å². The van der Waals surface area contributed by atoms with Gasteiger partial charge in [-0.3, -0.25) is 9.69 Å². The molecule has 3 rings (SSSR count). The van der Waals surface area contributed by atoms with Crippen molar-refractivity contribution >= 4 is 11.6 Å². The maximum absolute atomic E-state index is 10.7. The monoisotopic (exact) mass is 287 g/mol. The molecule has 1 aliphatic heterocycles. The number of hydrogen-bond donors (Lipinski definition) is 1. The summed E-state index contributed by atoms with van der Waals surface area (Å²) in [5, 5.41) is 8.80. The molecule has 1 fully saturated rings. The van der Waals surface area contributed by atoms with Crippen LogP contribution in [-0.2, 0) is 11.3 Å². The third-order valence-electron chi connectivity index (χ3n) is 4.17. The molecule has 0 bridgehead atoms. The van der Waals surface area contributed by atoms with Crippen LogP contribution in [0.25, 0.3) is 5.65 Å². The molecule has 0 amide bonds. The number of rotatable bonds is 5. The van der Waals surface area contributed by atoms with Crippen molar-refractivity contribution in [2.24, 2.45) is 5.92 Å². The molecular formula is C16H21N3O2. The Balaban J connectivity index is 1.60. The Morgan fingerprint density at radius 2 is 2.33 bits per heavy atom. The van der Waals surface area contributed by atoms with E-state index in [1.807, 2.05) is 28.8 Å². The third kappa shape index (κ3) is 3.61. The predicted octanol–water partition coefficient (Wildman–Crippen LogP) is 2.41. The summed E-state index contributed by atoms with van der Waals surface area (Å²) in [6, 6.07) is 6.01. The Morgan fingerprint density at radius 1 is 1.43 bits per heavy atom. The number of aromatic nitrogens is 2. The molecule has 1 unspecified atom stereocenters. The van der Waals surface area contributed by atoms with Gasteiger partial charge >= 0.3 is 5.97 Å². The number of carbonyl (C=O) groups is 1. The van der Waals surface area contributed by atoms with Gasteiger partial charge in [-0.2, -0.15) is 0 Å². The van der Waals surface area contributed by atoms with Crippen molar-refractivity contribution in [2.75, 3.05) is 13.1 Å². The lowest BCUT2D eigenvalue weighted by Crippen LogP contribution is -2.35. The number of imidazole rings is 1. The average molecular weight is 287 g/mol. The molecule has 0 aromatic carbocycles. The van der Waals surface area contributed by atoms with E-state index in [0.717, 1.165) is 50.2 Å². The van der Waals surface area contributed by atoms with Gasteiger partial charge in [0, 0.05) is 31.9 Å². The van der Waals surface area contributed by atoms with E-state index in [1.165, 1.54) is 0 Å². The third-order valence-corrected chi connectivity index (χ3v) is 4.17. The molecule has 0 radical (unpaired) electrons. The van der Waals surface area contributed by atoms with Gasteiger partial charge in [0.2, 0.25) is 0 Å². The summed E-state index contributed by atoms with van der Waals surface area (Å²) in [6.45, 7) is 2.92. The van der Waals surface area contributed by atoms with Crippen molar-refractivity contribution in [1.82, 2.24) is 14.3 Å². The van der Waals surface area contributed by atoms with Gasteiger partial charge in [0.15, 0.2) is 0 Å². The summed E-state index contributed by atoms with van der Waals surface area (Å²) in [7, 11) is 0. The van der Waals surface area contributed by atoms with Gasteiger partial charge in [-0.15, -0.1) is 0 Å². The van der Waals surface area contributed by atoms with Crippen molar-refractivity contribution in [3.8, 4) is 0 Å².